The maximum absolute atomic E-state index is 14.3. The third-order valence-electron chi connectivity index (χ3n) is 5.67. The van der Waals surface area contributed by atoms with Crippen molar-refractivity contribution in [1.82, 2.24) is 9.80 Å². The van der Waals surface area contributed by atoms with Crippen LogP contribution in [0.4, 0.5) is 4.39 Å². The molecule has 0 spiro atoms. The molecule has 2 aliphatic rings. The van der Waals surface area contributed by atoms with Crippen molar-refractivity contribution in [2.24, 2.45) is 0 Å². The van der Waals surface area contributed by atoms with Gasteiger partial charge in [-0.2, -0.15) is 0 Å². The summed E-state index contributed by atoms with van der Waals surface area (Å²) in [4.78, 5) is 28.9. The molecular formula is C23H25FN2O2. The van der Waals surface area contributed by atoms with Crippen LogP contribution >= 0.6 is 0 Å². The number of nitrogens with zero attached hydrogens (tertiary/aromatic N) is 2. The number of halogens is 1. The summed E-state index contributed by atoms with van der Waals surface area (Å²) in [7, 11) is 0. The first kappa shape index (κ1) is 18.7. The van der Waals surface area contributed by atoms with E-state index in [2.05, 4.69) is 0 Å². The lowest BCUT2D eigenvalue weighted by molar-refractivity contribution is -0.128. The molecule has 0 radical (unpaired) electrons. The molecule has 0 aromatic heterocycles. The molecule has 2 aromatic carbocycles. The summed E-state index contributed by atoms with van der Waals surface area (Å²) >= 11 is 0. The van der Waals surface area contributed by atoms with E-state index in [1.807, 2.05) is 34.9 Å². The van der Waals surface area contributed by atoms with Crippen molar-refractivity contribution >= 4 is 11.8 Å². The lowest BCUT2D eigenvalue weighted by Gasteiger charge is -2.30. The highest BCUT2D eigenvalue weighted by Gasteiger charge is 2.37. The van der Waals surface area contributed by atoms with Gasteiger partial charge in [0.05, 0.1) is 6.04 Å². The summed E-state index contributed by atoms with van der Waals surface area (Å²) < 4.78 is 14.3. The molecule has 1 saturated carbocycles. The molecule has 0 N–H and O–H groups in total. The zero-order valence-electron chi connectivity index (χ0n) is 16.1. The van der Waals surface area contributed by atoms with Crippen LogP contribution in [0.25, 0.3) is 0 Å². The van der Waals surface area contributed by atoms with E-state index < -0.39 is 0 Å². The fourth-order valence-corrected chi connectivity index (χ4v) is 4.02. The molecule has 28 heavy (non-hydrogen) atoms. The van der Waals surface area contributed by atoms with Crippen molar-refractivity contribution in [3.05, 3.63) is 71.0 Å². The van der Waals surface area contributed by atoms with E-state index in [4.69, 9.17) is 0 Å². The van der Waals surface area contributed by atoms with Gasteiger partial charge < -0.3 is 9.80 Å². The summed E-state index contributed by atoms with van der Waals surface area (Å²) in [5, 5.41) is 0. The lowest BCUT2D eigenvalue weighted by atomic mass is 10.0. The molecule has 2 amide bonds. The Kier molecular flexibility index (Phi) is 5.16. The topological polar surface area (TPSA) is 40.6 Å². The van der Waals surface area contributed by atoms with Crippen molar-refractivity contribution in [2.45, 2.75) is 51.2 Å². The first-order valence-corrected chi connectivity index (χ1v) is 9.98. The number of benzene rings is 2. The zero-order chi connectivity index (χ0) is 19.7. The first-order chi connectivity index (χ1) is 13.5. The minimum atomic E-state index is -0.329. The van der Waals surface area contributed by atoms with E-state index in [1.54, 1.807) is 24.3 Å². The molecule has 1 aliphatic carbocycles. The Hall–Kier alpha value is -2.69. The molecule has 5 heteroatoms. The Bertz CT molecular complexity index is 894. The van der Waals surface area contributed by atoms with Gasteiger partial charge in [0, 0.05) is 36.7 Å². The van der Waals surface area contributed by atoms with Crippen molar-refractivity contribution in [3.8, 4) is 0 Å². The fourth-order valence-electron chi connectivity index (χ4n) is 4.02. The van der Waals surface area contributed by atoms with Gasteiger partial charge in [-0.25, -0.2) is 4.39 Å². The van der Waals surface area contributed by atoms with Gasteiger partial charge in [0.2, 0.25) is 5.91 Å². The summed E-state index contributed by atoms with van der Waals surface area (Å²) in [6.07, 6.45) is 3.40. The van der Waals surface area contributed by atoms with Crippen molar-refractivity contribution in [3.63, 3.8) is 0 Å². The molecular weight excluding hydrogens is 355 g/mol. The second-order valence-electron chi connectivity index (χ2n) is 7.76. The molecule has 2 aromatic rings. The van der Waals surface area contributed by atoms with Crippen LogP contribution in [-0.4, -0.2) is 34.2 Å². The van der Waals surface area contributed by atoms with E-state index in [1.165, 1.54) is 6.07 Å². The molecule has 1 saturated heterocycles. The van der Waals surface area contributed by atoms with Crippen LogP contribution in [-0.2, 0) is 11.3 Å². The van der Waals surface area contributed by atoms with Gasteiger partial charge in [-0.05, 0) is 49.9 Å². The fraction of sp³-hybridized carbons (Fsp3) is 0.391. The molecule has 2 fully saturated rings. The van der Waals surface area contributed by atoms with Gasteiger partial charge in [-0.1, -0.05) is 30.3 Å². The van der Waals surface area contributed by atoms with E-state index in [9.17, 15) is 14.0 Å². The Balaban J connectivity index is 1.57. The third kappa shape index (κ3) is 3.79. The zero-order valence-corrected chi connectivity index (χ0v) is 16.1. The van der Waals surface area contributed by atoms with Crippen LogP contribution in [0.15, 0.2) is 48.5 Å². The number of hydrogen-bond acceptors (Lipinski definition) is 2. The van der Waals surface area contributed by atoms with E-state index >= 15 is 0 Å². The van der Waals surface area contributed by atoms with Crippen molar-refractivity contribution < 1.29 is 14.0 Å². The summed E-state index contributed by atoms with van der Waals surface area (Å²) in [5.41, 5.74) is 2.09. The van der Waals surface area contributed by atoms with Gasteiger partial charge in [-0.3, -0.25) is 9.59 Å². The second-order valence-corrected chi connectivity index (χ2v) is 7.76. The molecule has 1 unspecified atom stereocenters. The number of likely N-dealkylation sites (tertiary alicyclic amines) is 1. The van der Waals surface area contributed by atoms with Gasteiger partial charge >= 0.3 is 0 Å². The van der Waals surface area contributed by atoms with Gasteiger partial charge in [-0.15, -0.1) is 0 Å². The van der Waals surface area contributed by atoms with Gasteiger partial charge in [0.25, 0.3) is 5.91 Å². The van der Waals surface area contributed by atoms with Crippen molar-refractivity contribution in [2.75, 3.05) is 6.54 Å². The largest absolute Gasteiger partial charge is 0.338 e. The van der Waals surface area contributed by atoms with Gasteiger partial charge in [0.15, 0.2) is 0 Å². The van der Waals surface area contributed by atoms with Crippen LogP contribution in [0.3, 0.4) is 0 Å². The summed E-state index contributed by atoms with van der Waals surface area (Å²) in [5.74, 6) is -0.188. The van der Waals surface area contributed by atoms with E-state index in [-0.39, 0.29) is 29.7 Å². The molecule has 1 atom stereocenters. The van der Waals surface area contributed by atoms with Gasteiger partial charge in [0.1, 0.15) is 5.82 Å². The van der Waals surface area contributed by atoms with Crippen LogP contribution in [0.2, 0.25) is 0 Å². The molecule has 146 valence electrons. The molecule has 1 aliphatic heterocycles. The first-order valence-electron chi connectivity index (χ1n) is 9.98. The van der Waals surface area contributed by atoms with E-state index in [0.29, 0.717) is 24.1 Å². The monoisotopic (exact) mass is 380 g/mol. The van der Waals surface area contributed by atoms with Crippen molar-refractivity contribution in [1.29, 1.82) is 0 Å². The minimum absolute atomic E-state index is 0.0761. The van der Waals surface area contributed by atoms with Crippen LogP contribution in [0, 0.1) is 5.82 Å². The number of hydrogen-bond donors (Lipinski definition) is 0. The smallest absolute Gasteiger partial charge is 0.254 e. The van der Waals surface area contributed by atoms with Crippen LogP contribution < -0.4 is 0 Å². The number of rotatable bonds is 6. The predicted octanol–water partition coefficient (Wildman–Crippen LogP) is 4.31. The molecule has 1 heterocycles. The summed E-state index contributed by atoms with van der Waals surface area (Å²) in [6.45, 7) is 3.20. The Labute approximate surface area is 164 Å². The molecule has 0 bridgehead atoms. The number of carbonyl (C=O) groups is 2. The van der Waals surface area contributed by atoms with Crippen LogP contribution in [0.1, 0.15) is 60.1 Å². The van der Waals surface area contributed by atoms with E-state index in [0.717, 1.165) is 31.4 Å². The quantitative estimate of drug-likeness (QED) is 0.749. The highest BCUT2D eigenvalue weighted by Crippen LogP contribution is 2.36. The minimum Gasteiger partial charge on any atom is -0.338 e. The lowest BCUT2D eigenvalue weighted by Crippen LogP contribution is -2.36. The molecule has 4 rings (SSSR count). The average Bonchev–Trinajstić information content (AvgIpc) is 3.45. The average molecular weight is 380 g/mol. The summed E-state index contributed by atoms with van der Waals surface area (Å²) in [6, 6.07) is 14.0. The molecule has 4 nitrogen and oxygen atoms in total. The highest BCUT2D eigenvalue weighted by molar-refractivity contribution is 5.95. The predicted molar refractivity (Wildman–Crippen MR) is 105 cm³/mol. The Morgan fingerprint density at radius 3 is 2.68 bits per heavy atom. The number of carbonyl (C=O) groups excluding carboxylic acids is 2. The third-order valence-corrected chi connectivity index (χ3v) is 5.67. The standard InChI is InChI=1S/C23H25FN2O2/c1-16(20-8-2-3-9-21(20)24)26(19-11-12-19)23(28)18-7-4-6-17(14-18)15-25-13-5-10-22(25)27/h2-4,6-9,14,16,19H,5,10-13,15H2,1H3. The Morgan fingerprint density at radius 2 is 2.00 bits per heavy atom. The van der Waals surface area contributed by atoms with Crippen LogP contribution in [0.5, 0.6) is 0 Å². The second kappa shape index (κ2) is 7.74. The number of amides is 2. The maximum Gasteiger partial charge on any atom is 0.254 e. The SMILES string of the molecule is CC(c1ccccc1F)N(C(=O)c1cccc(CN2CCCC2=O)c1)C1CC1. The maximum atomic E-state index is 14.3. The highest BCUT2D eigenvalue weighted by atomic mass is 19.1. The normalized spacial score (nSPS) is 17.6. The Morgan fingerprint density at radius 1 is 1.21 bits per heavy atom.